The number of ether oxygens (including phenoxy) is 1. The van der Waals surface area contributed by atoms with Gasteiger partial charge in [-0.25, -0.2) is 13.4 Å². The highest BCUT2D eigenvalue weighted by Crippen LogP contribution is 2.20. The van der Waals surface area contributed by atoms with Gasteiger partial charge >= 0.3 is 4.87 Å². The molecule has 0 radical (unpaired) electrons. The van der Waals surface area contributed by atoms with Gasteiger partial charge < -0.3 is 19.1 Å². The SMILES string of the molecule is Cc1csc(=O)n1CCC(=O)N1CCN(c2ccc(S(=O)(=O)N3CCOCC3)cn2)CC1. The number of piperazine rings is 1. The number of pyridine rings is 1. The topological polar surface area (TPSA) is 105 Å². The van der Waals surface area contributed by atoms with Crippen LogP contribution in [0.3, 0.4) is 0 Å². The summed E-state index contributed by atoms with van der Waals surface area (Å²) in [5.41, 5.74) is 0.878. The molecule has 0 atom stereocenters. The van der Waals surface area contributed by atoms with E-state index in [9.17, 15) is 18.0 Å². The Morgan fingerprint density at radius 1 is 1.12 bits per heavy atom. The van der Waals surface area contributed by atoms with Gasteiger partial charge in [0.1, 0.15) is 10.7 Å². The van der Waals surface area contributed by atoms with E-state index >= 15 is 0 Å². The van der Waals surface area contributed by atoms with Crippen molar-refractivity contribution >= 4 is 33.1 Å². The van der Waals surface area contributed by atoms with Crippen molar-refractivity contribution in [2.24, 2.45) is 0 Å². The maximum Gasteiger partial charge on any atom is 0.307 e. The molecule has 0 N–H and O–H groups in total. The van der Waals surface area contributed by atoms with E-state index in [1.54, 1.807) is 27.0 Å². The van der Waals surface area contributed by atoms with E-state index in [2.05, 4.69) is 4.98 Å². The molecule has 1 amide bonds. The molecule has 2 aliphatic heterocycles. The normalized spacial score (nSPS) is 18.2. The summed E-state index contributed by atoms with van der Waals surface area (Å²) in [6.07, 6.45) is 1.70. The predicted molar refractivity (Wildman–Crippen MR) is 121 cm³/mol. The van der Waals surface area contributed by atoms with Crippen LogP contribution in [-0.2, 0) is 26.1 Å². The van der Waals surface area contributed by atoms with Gasteiger partial charge in [-0.2, -0.15) is 4.31 Å². The van der Waals surface area contributed by atoms with Gasteiger partial charge in [-0.1, -0.05) is 11.3 Å². The van der Waals surface area contributed by atoms with Crippen molar-refractivity contribution in [1.29, 1.82) is 0 Å². The Bertz CT molecular complexity index is 1100. The van der Waals surface area contributed by atoms with Crippen molar-refractivity contribution in [2.45, 2.75) is 24.8 Å². The Hall–Kier alpha value is -2.28. The first-order valence-corrected chi connectivity index (χ1v) is 12.9. The fourth-order valence-electron chi connectivity index (χ4n) is 3.87. The molecule has 2 saturated heterocycles. The molecule has 4 rings (SSSR count). The molecule has 2 fully saturated rings. The van der Waals surface area contributed by atoms with Gasteiger partial charge in [0.15, 0.2) is 0 Å². The molecule has 12 heteroatoms. The lowest BCUT2D eigenvalue weighted by atomic mass is 10.2. The lowest BCUT2D eigenvalue weighted by Crippen LogP contribution is -2.49. The number of sulfonamides is 1. The van der Waals surface area contributed by atoms with E-state index < -0.39 is 10.0 Å². The molecule has 0 unspecified atom stereocenters. The molecule has 0 spiro atoms. The standard InChI is InChI=1S/C20H27N5O5S2/c1-16-15-31-20(27)25(16)5-4-19(26)23-8-6-22(7-9-23)18-3-2-17(14-21-18)32(28,29)24-10-12-30-13-11-24/h2-3,14-15H,4-13H2,1H3. The Morgan fingerprint density at radius 3 is 2.44 bits per heavy atom. The van der Waals surface area contributed by atoms with Gasteiger partial charge in [0.05, 0.1) is 13.2 Å². The second kappa shape index (κ2) is 9.69. The third-order valence-electron chi connectivity index (χ3n) is 5.81. The first kappa shape index (κ1) is 22.9. The van der Waals surface area contributed by atoms with Crippen LogP contribution in [0.15, 0.2) is 33.4 Å². The van der Waals surface area contributed by atoms with Gasteiger partial charge in [0, 0.05) is 69.5 Å². The Labute approximate surface area is 191 Å². The number of hydrogen-bond acceptors (Lipinski definition) is 8. The third-order valence-corrected chi connectivity index (χ3v) is 8.57. The van der Waals surface area contributed by atoms with Crippen LogP contribution in [0.2, 0.25) is 0 Å². The summed E-state index contributed by atoms with van der Waals surface area (Å²) < 4.78 is 33.7. The third kappa shape index (κ3) is 4.87. The molecule has 2 aliphatic rings. The molecule has 2 aromatic heterocycles. The monoisotopic (exact) mass is 481 g/mol. The average Bonchev–Trinajstić information content (AvgIpc) is 3.15. The number of aromatic nitrogens is 2. The van der Waals surface area contributed by atoms with Crippen molar-refractivity contribution in [1.82, 2.24) is 18.8 Å². The van der Waals surface area contributed by atoms with E-state index in [4.69, 9.17) is 4.74 Å². The van der Waals surface area contributed by atoms with Gasteiger partial charge in [-0.15, -0.1) is 0 Å². The van der Waals surface area contributed by atoms with Crippen molar-refractivity contribution in [3.05, 3.63) is 39.1 Å². The summed E-state index contributed by atoms with van der Waals surface area (Å²) in [6.45, 7) is 6.12. The Balaban J connectivity index is 1.31. The number of hydrogen-bond donors (Lipinski definition) is 0. The number of carbonyl (C=O) groups is 1. The lowest BCUT2D eigenvalue weighted by molar-refractivity contribution is -0.131. The maximum absolute atomic E-state index is 12.7. The quantitative estimate of drug-likeness (QED) is 0.587. The van der Waals surface area contributed by atoms with Crippen LogP contribution in [0.25, 0.3) is 0 Å². The van der Waals surface area contributed by atoms with Crippen molar-refractivity contribution in [3.8, 4) is 0 Å². The summed E-state index contributed by atoms with van der Waals surface area (Å²) in [7, 11) is -3.56. The number of nitrogens with zero attached hydrogens (tertiary/aromatic N) is 5. The van der Waals surface area contributed by atoms with Crippen LogP contribution < -0.4 is 9.77 Å². The lowest BCUT2D eigenvalue weighted by Gasteiger charge is -2.35. The Kier molecular flexibility index (Phi) is 6.93. The number of amides is 1. The van der Waals surface area contributed by atoms with Crippen molar-refractivity contribution in [2.75, 3.05) is 57.4 Å². The zero-order valence-electron chi connectivity index (χ0n) is 18.0. The number of aryl methyl sites for hydroxylation is 1. The largest absolute Gasteiger partial charge is 0.379 e. The minimum Gasteiger partial charge on any atom is -0.379 e. The van der Waals surface area contributed by atoms with Crippen LogP contribution in [-0.4, -0.2) is 85.6 Å². The fraction of sp³-hybridized carbons (Fsp3) is 0.550. The summed E-state index contributed by atoms with van der Waals surface area (Å²) in [5.74, 6) is 0.723. The molecule has 32 heavy (non-hydrogen) atoms. The molecular formula is C20H27N5O5S2. The van der Waals surface area contributed by atoms with Crippen LogP contribution in [0.5, 0.6) is 0 Å². The second-order valence-corrected chi connectivity index (χ2v) is 10.5. The fourth-order valence-corrected chi connectivity index (χ4v) is 5.99. The van der Waals surface area contributed by atoms with Gasteiger partial charge in [0.25, 0.3) is 0 Å². The summed E-state index contributed by atoms with van der Waals surface area (Å²) in [6, 6.07) is 3.31. The second-order valence-electron chi connectivity index (χ2n) is 7.78. The average molecular weight is 482 g/mol. The summed E-state index contributed by atoms with van der Waals surface area (Å²) in [5, 5.41) is 1.80. The molecule has 0 aliphatic carbocycles. The van der Waals surface area contributed by atoms with E-state index in [1.165, 1.54) is 10.5 Å². The van der Waals surface area contributed by atoms with E-state index in [0.29, 0.717) is 71.3 Å². The number of carbonyl (C=O) groups excluding carboxylic acids is 1. The van der Waals surface area contributed by atoms with E-state index in [0.717, 1.165) is 17.0 Å². The zero-order valence-corrected chi connectivity index (χ0v) is 19.6. The molecule has 174 valence electrons. The Morgan fingerprint density at radius 2 is 1.84 bits per heavy atom. The molecule has 4 heterocycles. The summed E-state index contributed by atoms with van der Waals surface area (Å²) >= 11 is 1.15. The molecular weight excluding hydrogens is 454 g/mol. The highest BCUT2D eigenvalue weighted by molar-refractivity contribution is 7.89. The van der Waals surface area contributed by atoms with Crippen LogP contribution in [0.4, 0.5) is 5.82 Å². The summed E-state index contributed by atoms with van der Waals surface area (Å²) in [4.78, 5) is 32.7. The predicted octanol–water partition coefficient (Wildman–Crippen LogP) is 0.373. The number of morpholine rings is 1. The minimum absolute atomic E-state index is 0.0297. The number of anilines is 1. The molecule has 2 aromatic rings. The first-order chi connectivity index (χ1) is 15.4. The smallest absolute Gasteiger partial charge is 0.307 e. The van der Waals surface area contributed by atoms with Gasteiger partial charge in [-0.05, 0) is 19.1 Å². The molecule has 10 nitrogen and oxygen atoms in total. The van der Waals surface area contributed by atoms with Crippen LogP contribution >= 0.6 is 11.3 Å². The van der Waals surface area contributed by atoms with Crippen molar-refractivity contribution in [3.63, 3.8) is 0 Å². The number of rotatable bonds is 6. The van der Waals surface area contributed by atoms with E-state index in [-0.39, 0.29) is 15.7 Å². The molecule has 0 aromatic carbocycles. The van der Waals surface area contributed by atoms with Crippen molar-refractivity contribution < 1.29 is 17.9 Å². The van der Waals surface area contributed by atoms with Crippen LogP contribution in [0, 0.1) is 6.92 Å². The zero-order chi connectivity index (χ0) is 22.7. The van der Waals surface area contributed by atoms with E-state index in [1.807, 2.05) is 11.8 Å². The minimum atomic E-state index is -3.56. The van der Waals surface area contributed by atoms with Gasteiger partial charge in [0.2, 0.25) is 15.9 Å². The highest BCUT2D eigenvalue weighted by Gasteiger charge is 2.27. The molecule has 0 saturated carbocycles. The van der Waals surface area contributed by atoms with Crippen LogP contribution in [0.1, 0.15) is 12.1 Å². The highest BCUT2D eigenvalue weighted by atomic mass is 32.2. The first-order valence-electron chi connectivity index (χ1n) is 10.6. The van der Waals surface area contributed by atoms with Gasteiger partial charge in [-0.3, -0.25) is 9.59 Å². The maximum atomic E-state index is 12.7. The molecule has 0 bridgehead atoms. The number of thiazole rings is 1.